The van der Waals surface area contributed by atoms with Crippen LogP contribution in [0.25, 0.3) is 69.6 Å². The van der Waals surface area contributed by atoms with Crippen LogP contribution in [-0.2, 0) is 0 Å². The van der Waals surface area contributed by atoms with Crippen molar-refractivity contribution in [3.05, 3.63) is 127 Å². The minimum absolute atomic E-state index is 1.20. The minimum Gasteiger partial charge on any atom is -0.309 e. The maximum atomic E-state index is 2.40. The first-order chi connectivity index (χ1) is 17.9. The third kappa shape index (κ3) is 2.76. The molecule has 168 valence electrons. The zero-order chi connectivity index (χ0) is 23.6. The van der Waals surface area contributed by atoms with Crippen molar-refractivity contribution in [3.63, 3.8) is 0 Å². The number of hydrogen-bond donors (Lipinski definition) is 0. The number of aromatic nitrogens is 1. The van der Waals surface area contributed by atoms with Crippen LogP contribution in [0.15, 0.2) is 127 Å². The zero-order valence-corrected chi connectivity index (χ0v) is 20.3. The normalized spacial score (nSPS) is 11.9. The first-order valence-corrected chi connectivity index (χ1v) is 13.1. The van der Waals surface area contributed by atoms with E-state index in [0.717, 1.165) is 0 Å². The van der Waals surface area contributed by atoms with Gasteiger partial charge in [0.1, 0.15) is 0 Å². The Morgan fingerprint density at radius 2 is 1.28 bits per heavy atom. The molecule has 0 amide bonds. The van der Waals surface area contributed by atoms with Crippen LogP contribution in [0.4, 0.5) is 0 Å². The van der Waals surface area contributed by atoms with E-state index < -0.39 is 0 Å². The van der Waals surface area contributed by atoms with Crippen molar-refractivity contribution in [2.45, 2.75) is 0 Å². The van der Waals surface area contributed by atoms with E-state index >= 15 is 0 Å². The molecule has 0 bridgehead atoms. The second-order valence-corrected chi connectivity index (χ2v) is 10.4. The van der Waals surface area contributed by atoms with Gasteiger partial charge in [-0.25, -0.2) is 0 Å². The van der Waals surface area contributed by atoms with Crippen LogP contribution >= 0.6 is 11.3 Å². The summed E-state index contributed by atoms with van der Waals surface area (Å²) in [5.41, 5.74) is 6.26. The van der Waals surface area contributed by atoms with E-state index in [4.69, 9.17) is 0 Å². The Balaban J connectivity index is 1.45. The predicted molar refractivity (Wildman–Crippen MR) is 157 cm³/mol. The second kappa shape index (κ2) is 7.55. The van der Waals surface area contributed by atoms with E-state index in [-0.39, 0.29) is 0 Å². The lowest BCUT2D eigenvalue weighted by Gasteiger charge is -2.08. The lowest BCUT2D eigenvalue weighted by Crippen LogP contribution is -1.92. The molecular weight excluding hydrogens is 454 g/mol. The van der Waals surface area contributed by atoms with Crippen LogP contribution in [0.2, 0.25) is 0 Å². The Kier molecular flexibility index (Phi) is 4.16. The van der Waals surface area contributed by atoms with Crippen molar-refractivity contribution in [1.29, 1.82) is 0 Å². The van der Waals surface area contributed by atoms with Gasteiger partial charge < -0.3 is 4.57 Å². The Labute approximate surface area is 212 Å². The highest BCUT2D eigenvalue weighted by Crippen LogP contribution is 2.44. The molecule has 0 aliphatic rings. The van der Waals surface area contributed by atoms with Gasteiger partial charge in [0.2, 0.25) is 0 Å². The van der Waals surface area contributed by atoms with Crippen molar-refractivity contribution in [3.8, 4) is 16.8 Å². The van der Waals surface area contributed by atoms with Crippen LogP contribution < -0.4 is 0 Å². The molecule has 36 heavy (non-hydrogen) atoms. The average Bonchev–Trinajstić information content (AvgIpc) is 3.48. The van der Waals surface area contributed by atoms with Gasteiger partial charge in [-0.3, -0.25) is 0 Å². The smallest absolute Gasteiger partial charge is 0.0555 e. The van der Waals surface area contributed by atoms with Gasteiger partial charge in [-0.2, -0.15) is 0 Å². The fourth-order valence-electron chi connectivity index (χ4n) is 5.79. The molecule has 0 atom stereocenters. The van der Waals surface area contributed by atoms with Crippen LogP contribution in [-0.4, -0.2) is 4.57 Å². The van der Waals surface area contributed by atoms with E-state index in [1.54, 1.807) is 0 Å². The molecule has 0 unspecified atom stereocenters. The number of fused-ring (bicyclic) bond motifs is 8. The molecule has 6 aromatic carbocycles. The molecule has 2 aromatic heterocycles. The van der Waals surface area contributed by atoms with Gasteiger partial charge in [-0.05, 0) is 58.3 Å². The van der Waals surface area contributed by atoms with Crippen molar-refractivity contribution < 1.29 is 0 Å². The third-order valence-corrected chi connectivity index (χ3v) is 8.59. The summed E-state index contributed by atoms with van der Waals surface area (Å²) >= 11 is 1.91. The molecule has 1 nitrogen and oxygen atoms in total. The number of nitrogens with zero attached hydrogens (tertiary/aromatic N) is 1. The summed E-state index contributed by atoms with van der Waals surface area (Å²) in [6.45, 7) is 0. The van der Waals surface area contributed by atoms with Gasteiger partial charge in [-0.15, -0.1) is 11.3 Å². The fourth-order valence-corrected chi connectivity index (χ4v) is 7.03. The first-order valence-electron chi connectivity index (χ1n) is 12.3. The Hall–Kier alpha value is -4.40. The second-order valence-electron chi connectivity index (χ2n) is 9.36. The number of thiophene rings is 1. The van der Waals surface area contributed by atoms with Crippen molar-refractivity contribution in [2.24, 2.45) is 0 Å². The van der Waals surface area contributed by atoms with E-state index in [0.29, 0.717) is 0 Å². The monoisotopic (exact) mass is 475 g/mol. The van der Waals surface area contributed by atoms with E-state index in [1.807, 2.05) is 11.3 Å². The van der Waals surface area contributed by atoms with Crippen LogP contribution in [0.3, 0.4) is 0 Å². The van der Waals surface area contributed by atoms with Gasteiger partial charge >= 0.3 is 0 Å². The molecule has 0 saturated heterocycles. The topological polar surface area (TPSA) is 4.93 Å². The Morgan fingerprint density at radius 3 is 2.19 bits per heavy atom. The minimum atomic E-state index is 1.20. The maximum absolute atomic E-state index is 2.40. The molecule has 8 aromatic rings. The van der Waals surface area contributed by atoms with Crippen LogP contribution in [0, 0.1) is 0 Å². The fraction of sp³-hybridized carbons (Fsp3) is 0. The molecule has 0 saturated carbocycles. The molecule has 2 heteroatoms. The van der Waals surface area contributed by atoms with Gasteiger partial charge in [0.15, 0.2) is 0 Å². The predicted octanol–water partition coefficient (Wildman–Crippen LogP) is 9.97. The lowest BCUT2D eigenvalue weighted by molar-refractivity contribution is 1.18. The number of hydrogen-bond acceptors (Lipinski definition) is 1. The summed E-state index contributed by atoms with van der Waals surface area (Å²) in [6, 6.07) is 46.3. The Bertz CT molecular complexity index is 2090. The molecule has 0 radical (unpaired) electrons. The Morgan fingerprint density at radius 1 is 0.500 bits per heavy atom. The highest BCUT2D eigenvalue weighted by Gasteiger charge is 2.17. The molecule has 2 heterocycles. The van der Waals surface area contributed by atoms with Crippen LogP contribution in [0.1, 0.15) is 0 Å². The van der Waals surface area contributed by atoms with Crippen LogP contribution in [0.5, 0.6) is 0 Å². The molecule has 0 aliphatic carbocycles. The largest absolute Gasteiger partial charge is 0.309 e. The van der Waals surface area contributed by atoms with Crippen molar-refractivity contribution in [1.82, 2.24) is 4.57 Å². The SMILES string of the molecule is c1ccc(-n2c3ccccc3c3c4sc5ccc(-c6cccc7ccccc67)cc5c4ccc32)cc1. The summed E-state index contributed by atoms with van der Waals surface area (Å²) in [5.74, 6) is 0. The van der Waals surface area contributed by atoms with Crippen molar-refractivity contribution in [2.75, 3.05) is 0 Å². The molecule has 0 spiro atoms. The first kappa shape index (κ1) is 19.9. The van der Waals surface area contributed by atoms with Gasteiger partial charge in [0.25, 0.3) is 0 Å². The van der Waals surface area contributed by atoms with Gasteiger partial charge in [-0.1, -0.05) is 91.0 Å². The van der Waals surface area contributed by atoms with E-state index in [2.05, 4.69) is 132 Å². The summed E-state index contributed by atoms with van der Waals surface area (Å²) in [4.78, 5) is 0. The highest BCUT2D eigenvalue weighted by atomic mass is 32.1. The quantitative estimate of drug-likeness (QED) is 0.234. The summed E-state index contributed by atoms with van der Waals surface area (Å²) in [5, 5.41) is 7.90. The molecular formula is C34H21NS. The highest BCUT2D eigenvalue weighted by molar-refractivity contribution is 7.26. The standard InChI is InChI=1S/C34H21NS/c1-2-11-24(12-3-1)35-30-16-7-6-14-28(30)33-31(35)19-18-27-29-21-23(17-20-32(29)36-34(27)33)26-15-8-10-22-9-4-5-13-25(22)26/h1-21H. The zero-order valence-electron chi connectivity index (χ0n) is 19.5. The number of benzene rings is 6. The summed E-state index contributed by atoms with van der Waals surface area (Å²) in [7, 11) is 0. The third-order valence-electron chi connectivity index (χ3n) is 7.39. The molecule has 0 aliphatic heterocycles. The summed E-state index contributed by atoms with van der Waals surface area (Å²) in [6.07, 6.45) is 0. The molecule has 8 rings (SSSR count). The van der Waals surface area contributed by atoms with E-state index in [9.17, 15) is 0 Å². The van der Waals surface area contributed by atoms with E-state index in [1.165, 1.54) is 69.6 Å². The summed E-state index contributed by atoms with van der Waals surface area (Å²) < 4.78 is 5.09. The maximum Gasteiger partial charge on any atom is 0.0555 e. The van der Waals surface area contributed by atoms with Crippen molar-refractivity contribution >= 4 is 64.1 Å². The van der Waals surface area contributed by atoms with Gasteiger partial charge in [0, 0.05) is 36.6 Å². The average molecular weight is 476 g/mol. The molecule has 0 N–H and O–H groups in total. The lowest BCUT2D eigenvalue weighted by atomic mass is 9.97. The number of para-hydroxylation sites is 2. The number of rotatable bonds is 2. The molecule has 0 fully saturated rings. The van der Waals surface area contributed by atoms with Gasteiger partial charge in [0.05, 0.1) is 11.0 Å².